The number of nitrogens with zero attached hydrogens (tertiary/aromatic N) is 2. The van der Waals surface area contributed by atoms with E-state index in [1.54, 1.807) is 17.2 Å². The molecule has 1 unspecified atom stereocenters. The van der Waals surface area contributed by atoms with Gasteiger partial charge < -0.3 is 9.64 Å². The molecule has 1 atom stereocenters. The van der Waals surface area contributed by atoms with Crippen LogP contribution >= 0.6 is 15.9 Å². The summed E-state index contributed by atoms with van der Waals surface area (Å²) in [5.74, 6) is -0.0273. The zero-order chi connectivity index (χ0) is 13.0. The third kappa shape index (κ3) is 3.29. The van der Waals surface area contributed by atoms with E-state index in [1.807, 2.05) is 13.0 Å². The number of carbonyl (C=O) groups is 1. The third-order valence-electron chi connectivity index (χ3n) is 3.06. The number of carbonyl (C=O) groups excluding carboxylic acids is 1. The molecule has 1 amide bonds. The highest BCUT2D eigenvalue weighted by molar-refractivity contribution is 9.10. The van der Waals surface area contributed by atoms with Crippen molar-refractivity contribution in [3.8, 4) is 0 Å². The molecule has 0 spiro atoms. The van der Waals surface area contributed by atoms with Crippen molar-refractivity contribution < 1.29 is 9.53 Å². The lowest BCUT2D eigenvalue weighted by Crippen LogP contribution is -2.37. The van der Waals surface area contributed by atoms with Gasteiger partial charge in [-0.3, -0.25) is 4.79 Å². The lowest BCUT2D eigenvalue weighted by Gasteiger charge is -2.23. The van der Waals surface area contributed by atoms with Gasteiger partial charge in [-0.15, -0.1) is 0 Å². The average Bonchev–Trinajstić information content (AvgIpc) is 2.89. The van der Waals surface area contributed by atoms with Crippen LogP contribution in [0.15, 0.2) is 22.8 Å². The van der Waals surface area contributed by atoms with Crippen molar-refractivity contribution in [1.82, 2.24) is 9.88 Å². The summed E-state index contributed by atoms with van der Waals surface area (Å²) in [4.78, 5) is 18.2. The van der Waals surface area contributed by atoms with Gasteiger partial charge in [-0.25, -0.2) is 4.98 Å². The Morgan fingerprint density at radius 2 is 2.44 bits per heavy atom. The summed E-state index contributed by atoms with van der Waals surface area (Å²) in [5, 5.41) is 0. The quantitative estimate of drug-likeness (QED) is 0.858. The van der Waals surface area contributed by atoms with Gasteiger partial charge >= 0.3 is 0 Å². The summed E-state index contributed by atoms with van der Waals surface area (Å²) < 4.78 is 6.44. The number of ether oxygens (including phenoxy) is 1. The van der Waals surface area contributed by atoms with E-state index in [0.29, 0.717) is 18.8 Å². The number of hydrogen-bond acceptors (Lipinski definition) is 3. The normalized spacial score (nSPS) is 18.9. The van der Waals surface area contributed by atoms with Crippen LogP contribution < -0.4 is 0 Å². The maximum absolute atomic E-state index is 12.3. The highest BCUT2D eigenvalue weighted by Crippen LogP contribution is 2.15. The van der Waals surface area contributed by atoms with Crippen molar-refractivity contribution in [2.75, 3.05) is 19.7 Å². The van der Waals surface area contributed by atoms with E-state index in [2.05, 4.69) is 20.9 Å². The standard InChI is InChI=1S/C13H17BrN2O2/c1-2-16(9-11-4-3-7-18-11)13(17)12-6-5-10(14)8-15-12/h5-6,8,11H,2-4,7,9H2,1H3. The Hall–Kier alpha value is -0.940. The molecule has 5 heteroatoms. The van der Waals surface area contributed by atoms with Gasteiger partial charge in [0.1, 0.15) is 5.69 Å². The van der Waals surface area contributed by atoms with Gasteiger partial charge in [0.2, 0.25) is 0 Å². The van der Waals surface area contributed by atoms with Crippen molar-refractivity contribution in [1.29, 1.82) is 0 Å². The Morgan fingerprint density at radius 3 is 3.00 bits per heavy atom. The molecule has 0 N–H and O–H groups in total. The Labute approximate surface area is 115 Å². The van der Waals surface area contributed by atoms with Gasteiger partial charge in [0.05, 0.1) is 6.10 Å². The molecule has 4 nitrogen and oxygen atoms in total. The first-order chi connectivity index (χ1) is 8.70. The summed E-state index contributed by atoms with van der Waals surface area (Å²) >= 11 is 3.31. The van der Waals surface area contributed by atoms with Crippen molar-refractivity contribution in [3.05, 3.63) is 28.5 Å². The Kier molecular flexibility index (Phi) is 4.72. The second kappa shape index (κ2) is 6.29. The van der Waals surface area contributed by atoms with Crippen LogP contribution in [0.4, 0.5) is 0 Å². The number of rotatable bonds is 4. The summed E-state index contributed by atoms with van der Waals surface area (Å²) in [7, 11) is 0. The van der Waals surface area contributed by atoms with Crippen molar-refractivity contribution in [2.24, 2.45) is 0 Å². The van der Waals surface area contributed by atoms with Crippen molar-refractivity contribution >= 4 is 21.8 Å². The monoisotopic (exact) mass is 312 g/mol. The SMILES string of the molecule is CCN(CC1CCCO1)C(=O)c1ccc(Br)cn1. The second-order valence-electron chi connectivity index (χ2n) is 4.34. The third-order valence-corrected chi connectivity index (χ3v) is 3.53. The fourth-order valence-corrected chi connectivity index (χ4v) is 2.29. The summed E-state index contributed by atoms with van der Waals surface area (Å²) in [6.45, 7) is 4.13. The topological polar surface area (TPSA) is 42.4 Å². The van der Waals surface area contributed by atoms with E-state index < -0.39 is 0 Å². The van der Waals surface area contributed by atoms with Crippen LogP contribution in [0.3, 0.4) is 0 Å². The maximum Gasteiger partial charge on any atom is 0.272 e. The fourth-order valence-electron chi connectivity index (χ4n) is 2.05. The number of amides is 1. The lowest BCUT2D eigenvalue weighted by molar-refractivity contribution is 0.0535. The van der Waals surface area contributed by atoms with E-state index in [-0.39, 0.29) is 12.0 Å². The van der Waals surface area contributed by atoms with E-state index in [4.69, 9.17) is 4.74 Å². The predicted molar refractivity (Wildman–Crippen MR) is 72.5 cm³/mol. The molecule has 0 aliphatic carbocycles. The first-order valence-corrected chi connectivity index (χ1v) is 7.02. The van der Waals surface area contributed by atoms with Crippen LogP contribution in [-0.4, -0.2) is 41.6 Å². The second-order valence-corrected chi connectivity index (χ2v) is 5.26. The molecule has 0 bridgehead atoms. The zero-order valence-electron chi connectivity index (χ0n) is 10.4. The highest BCUT2D eigenvalue weighted by Gasteiger charge is 2.22. The Morgan fingerprint density at radius 1 is 1.61 bits per heavy atom. The number of aromatic nitrogens is 1. The largest absolute Gasteiger partial charge is 0.376 e. The number of hydrogen-bond donors (Lipinski definition) is 0. The molecule has 1 aliphatic heterocycles. The van der Waals surface area contributed by atoms with Gasteiger partial charge in [-0.2, -0.15) is 0 Å². The van der Waals surface area contributed by atoms with Gasteiger partial charge in [0.15, 0.2) is 0 Å². The van der Waals surface area contributed by atoms with Crippen molar-refractivity contribution in [3.63, 3.8) is 0 Å². The molecular weight excluding hydrogens is 296 g/mol. The minimum absolute atomic E-state index is 0.0273. The first-order valence-electron chi connectivity index (χ1n) is 6.23. The molecule has 1 aromatic heterocycles. The molecule has 2 heterocycles. The number of pyridine rings is 1. The lowest BCUT2D eigenvalue weighted by atomic mass is 10.2. The average molecular weight is 313 g/mol. The van der Waals surface area contributed by atoms with E-state index in [9.17, 15) is 4.79 Å². The molecule has 18 heavy (non-hydrogen) atoms. The van der Waals surface area contributed by atoms with Crippen LogP contribution in [0.5, 0.6) is 0 Å². The van der Waals surface area contributed by atoms with Gasteiger partial charge in [-0.05, 0) is 47.8 Å². The Bertz CT molecular complexity index is 402. The smallest absolute Gasteiger partial charge is 0.272 e. The molecule has 1 aromatic rings. The molecule has 0 aromatic carbocycles. The van der Waals surface area contributed by atoms with E-state index >= 15 is 0 Å². The molecule has 2 rings (SSSR count). The van der Waals surface area contributed by atoms with Crippen molar-refractivity contribution in [2.45, 2.75) is 25.9 Å². The molecular formula is C13H17BrN2O2. The minimum atomic E-state index is -0.0273. The van der Waals surface area contributed by atoms with Crippen LogP contribution in [0, 0.1) is 0 Å². The van der Waals surface area contributed by atoms with Crippen LogP contribution in [0.1, 0.15) is 30.3 Å². The molecule has 0 radical (unpaired) electrons. The number of halogens is 1. The predicted octanol–water partition coefficient (Wildman–Crippen LogP) is 2.49. The fraction of sp³-hybridized carbons (Fsp3) is 0.538. The maximum atomic E-state index is 12.3. The van der Waals surface area contributed by atoms with Gasteiger partial charge in [-0.1, -0.05) is 0 Å². The van der Waals surface area contributed by atoms with Crippen LogP contribution in [0.25, 0.3) is 0 Å². The van der Waals surface area contributed by atoms with E-state index in [1.165, 1.54) is 0 Å². The molecule has 1 saturated heterocycles. The van der Waals surface area contributed by atoms with E-state index in [0.717, 1.165) is 23.9 Å². The molecule has 1 fully saturated rings. The molecule has 0 saturated carbocycles. The number of likely N-dealkylation sites (N-methyl/N-ethyl adjacent to an activating group) is 1. The highest BCUT2D eigenvalue weighted by atomic mass is 79.9. The first kappa shape index (κ1) is 13.5. The van der Waals surface area contributed by atoms with Gasteiger partial charge in [0, 0.05) is 30.4 Å². The van der Waals surface area contributed by atoms with Crippen LogP contribution in [0.2, 0.25) is 0 Å². The zero-order valence-corrected chi connectivity index (χ0v) is 12.0. The molecule has 98 valence electrons. The summed E-state index contributed by atoms with van der Waals surface area (Å²) in [5.41, 5.74) is 0.484. The summed E-state index contributed by atoms with van der Waals surface area (Å²) in [6, 6.07) is 3.57. The van der Waals surface area contributed by atoms with Crippen LogP contribution in [-0.2, 0) is 4.74 Å². The van der Waals surface area contributed by atoms with Gasteiger partial charge in [0.25, 0.3) is 5.91 Å². The minimum Gasteiger partial charge on any atom is -0.376 e. The Balaban J connectivity index is 2.02. The summed E-state index contributed by atoms with van der Waals surface area (Å²) in [6.07, 6.45) is 3.96. The molecule has 1 aliphatic rings.